The summed E-state index contributed by atoms with van der Waals surface area (Å²) in [5.74, 6) is 1.37. The molecule has 5 nitrogen and oxygen atoms in total. The van der Waals surface area contributed by atoms with Gasteiger partial charge in [0.05, 0.1) is 6.61 Å². The van der Waals surface area contributed by atoms with Crippen molar-refractivity contribution in [3.8, 4) is 0 Å². The third kappa shape index (κ3) is 4.09. The molecule has 1 fully saturated rings. The van der Waals surface area contributed by atoms with Gasteiger partial charge in [-0.1, -0.05) is 18.5 Å². The largest absolute Gasteiger partial charge is 0.370 e. The van der Waals surface area contributed by atoms with Crippen molar-refractivity contribution in [2.24, 2.45) is 0 Å². The lowest BCUT2D eigenvalue weighted by molar-refractivity contribution is 0.0732. The molecular formula is C12H21N3O2. The van der Waals surface area contributed by atoms with Crippen molar-refractivity contribution in [1.29, 1.82) is 0 Å². The van der Waals surface area contributed by atoms with Crippen molar-refractivity contribution >= 4 is 0 Å². The number of nitrogens with zero attached hydrogens (tertiary/aromatic N) is 2. The maximum atomic E-state index is 5.59. The first-order valence-electron chi connectivity index (χ1n) is 6.51. The van der Waals surface area contributed by atoms with Crippen molar-refractivity contribution in [2.45, 2.75) is 51.7 Å². The van der Waals surface area contributed by atoms with Crippen LogP contribution in [0.15, 0.2) is 4.52 Å². The Kier molecular flexibility index (Phi) is 4.94. The second-order valence-electron chi connectivity index (χ2n) is 4.52. The Morgan fingerprint density at radius 1 is 1.47 bits per heavy atom. The smallest absolute Gasteiger partial charge is 0.252 e. The lowest BCUT2D eigenvalue weighted by Gasteiger charge is -2.22. The van der Waals surface area contributed by atoms with Gasteiger partial charge in [-0.25, -0.2) is 0 Å². The summed E-state index contributed by atoms with van der Waals surface area (Å²) in [6.07, 6.45) is 5.67. The number of aryl methyl sites for hydroxylation is 1. The summed E-state index contributed by atoms with van der Waals surface area (Å²) in [4.78, 5) is 4.26. The molecule has 0 saturated carbocycles. The van der Waals surface area contributed by atoms with Crippen LogP contribution in [-0.4, -0.2) is 29.3 Å². The van der Waals surface area contributed by atoms with Crippen LogP contribution in [0.3, 0.4) is 0 Å². The highest BCUT2D eigenvalue weighted by molar-refractivity contribution is 4.84. The molecule has 2 heterocycles. The minimum Gasteiger partial charge on any atom is -0.370 e. The Bertz CT molecular complexity index is 321. The van der Waals surface area contributed by atoms with Gasteiger partial charge in [-0.05, 0) is 25.8 Å². The zero-order valence-electron chi connectivity index (χ0n) is 10.4. The maximum Gasteiger partial charge on any atom is 0.252 e. The average molecular weight is 239 g/mol. The molecule has 96 valence electrons. The number of hydrogen-bond acceptors (Lipinski definition) is 5. The molecular weight excluding hydrogens is 218 g/mol. The molecule has 1 aromatic heterocycles. The van der Waals surface area contributed by atoms with Gasteiger partial charge in [-0.2, -0.15) is 4.98 Å². The summed E-state index contributed by atoms with van der Waals surface area (Å²) in [6, 6.07) is 0.488. The van der Waals surface area contributed by atoms with Crippen molar-refractivity contribution < 1.29 is 9.26 Å². The van der Waals surface area contributed by atoms with E-state index >= 15 is 0 Å². The van der Waals surface area contributed by atoms with Crippen LogP contribution in [0.5, 0.6) is 0 Å². The number of ether oxygens (including phenoxy) is 1. The molecule has 17 heavy (non-hydrogen) atoms. The average Bonchev–Trinajstić information content (AvgIpc) is 2.79. The van der Waals surface area contributed by atoms with Crippen LogP contribution in [-0.2, 0) is 17.8 Å². The number of aromatic nitrogens is 2. The van der Waals surface area contributed by atoms with E-state index in [0.29, 0.717) is 18.5 Å². The Morgan fingerprint density at radius 2 is 2.41 bits per heavy atom. The fourth-order valence-corrected chi connectivity index (χ4v) is 2.03. The normalized spacial score (nSPS) is 20.6. The Balaban J connectivity index is 1.66. The Morgan fingerprint density at radius 3 is 3.18 bits per heavy atom. The third-order valence-electron chi connectivity index (χ3n) is 2.94. The van der Waals surface area contributed by atoms with Gasteiger partial charge in [0.15, 0.2) is 5.82 Å². The summed E-state index contributed by atoms with van der Waals surface area (Å²) in [7, 11) is 0. The monoisotopic (exact) mass is 239 g/mol. The summed E-state index contributed by atoms with van der Waals surface area (Å²) in [6.45, 7) is 4.36. The zero-order chi connectivity index (χ0) is 11.9. The van der Waals surface area contributed by atoms with Crippen LogP contribution in [0.1, 0.15) is 44.3 Å². The summed E-state index contributed by atoms with van der Waals surface area (Å²) >= 11 is 0. The molecule has 0 amide bonds. The molecule has 0 radical (unpaired) electrons. The minimum absolute atomic E-state index is 0.425. The molecule has 0 bridgehead atoms. The van der Waals surface area contributed by atoms with E-state index in [0.717, 1.165) is 31.8 Å². The van der Waals surface area contributed by atoms with E-state index in [9.17, 15) is 0 Å². The molecule has 1 atom stereocenters. The van der Waals surface area contributed by atoms with E-state index in [2.05, 4.69) is 22.4 Å². The van der Waals surface area contributed by atoms with Crippen molar-refractivity contribution in [1.82, 2.24) is 15.5 Å². The van der Waals surface area contributed by atoms with Crippen molar-refractivity contribution in [3.63, 3.8) is 0 Å². The molecule has 1 aliphatic rings. The Labute approximate surface area is 102 Å². The fourth-order valence-electron chi connectivity index (χ4n) is 2.03. The quantitative estimate of drug-likeness (QED) is 0.818. The van der Waals surface area contributed by atoms with Gasteiger partial charge in [-0.3, -0.25) is 0 Å². The summed E-state index contributed by atoms with van der Waals surface area (Å²) in [5, 5.41) is 7.33. The van der Waals surface area contributed by atoms with Crippen LogP contribution in [0, 0.1) is 0 Å². The van der Waals surface area contributed by atoms with Crippen molar-refractivity contribution in [3.05, 3.63) is 11.7 Å². The van der Waals surface area contributed by atoms with E-state index < -0.39 is 0 Å². The third-order valence-corrected chi connectivity index (χ3v) is 2.94. The Hall–Kier alpha value is -0.940. The second kappa shape index (κ2) is 6.71. The highest BCUT2D eigenvalue weighted by Crippen LogP contribution is 2.08. The molecule has 0 aromatic carbocycles. The van der Waals surface area contributed by atoms with E-state index in [1.54, 1.807) is 0 Å². The van der Waals surface area contributed by atoms with Gasteiger partial charge in [0.2, 0.25) is 0 Å². The zero-order valence-corrected chi connectivity index (χ0v) is 10.4. The lowest BCUT2D eigenvalue weighted by atomic mass is 10.1. The van der Waals surface area contributed by atoms with Crippen LogP contribution in [0.4, 0.5) is 0 Å². The van der Waals surface area contributed by atoms with Gasteiger partial charge in [0.25, 0.3) is 5.89 Å². The first-order chi connectivity index (χ1) is 8.38. The van der Waals surface area contributed by atoms with Gasteiger partial charge >= 0.3 is 0 Å². The van der Waals surface area contributed by atoms with Crippen LogP contribution in [0.2, 0.25) is 0 Å². The molecule has 1 unspecified atom stereocenters. The van der Waals surface area contributed by atoms with E-state index in [4.69, 9.17) is 9.26 Å². The predicted octanol–water partition coefficient (Wildman–Crippen LogP) is 1.68. The van der Waals surface area contributed by atoms with Crippen molar-refractivity contribution in [2.75, 3.05) is 13.2 Å². The second-order valence-corrected chi connectivity index (χ2v) is 4.52. The molecule has 1 saturated heterocycles. The van der Waals surface area contributed by atoms with Gasteiger partial charge in [0, 0.05) is 12.5 Å². The minimum atomic E-state index is 0.425. The summed E-state index contributed by atoms with van der Waals surface area (Å²) < 4.78 is 10.7. The highest BCUT2D eigenvalue weighted by atomic mass is 16.5. The first kappa shape index (κ1) is 12.5. The number of piperidine rings is 1. The van der Waals surface area contributed by atoms with E-state index in [-0.39, 0.29) is 0 Å². The summed E-state index contributed by atoms with van der Waals surface area (Å²) in [5.41, 5.74) is 0. The van der Waals surface area contributed by atoms with Gasteiger partial charge in [-0.15, -0.1) is 0 Å². The molecule has 1 aliphatic heterocycles. The molecule has 1 N–H and O–H groups in total. The molecule has 0 aliphatic carbocycles. The standard InChI is InChI=1S/C12H21N3O2/c1-2-5-11-14-12(17-15-11)9-16-8-10-6-3-4-7-13-10/h10,13H,2-9H2,1H3. The van der Waals surface area contributed by atoms with Gasteiger partial charge in [0.1, 0.15) is 6.61 Å². The van der Waals surface area contributed by atoms with Gasteiger partial charge < -0.3 is 14.6 Å². The van der Waals surface area contributed by atoms with E-state index in [1.807, 2.05) is 0 Å². The molecule has 2 rings (SSSR count). The lowest BCUT2D eigenvalue weighted by Crippen LogP contribution is -2.37. The van der Waals surface area contributed by atoms with Crippen LogP contribution >= 0.6 is 0 Å². The molecule has 1 aromatic rings. The van der Waals surface area contributed by atoms with Crippen LogP contribution < -0.4 is 5.32 Å². The molecule has 5 heteroatoms. The number of hydrogen-bond donors (Lipinski definition) is 1. The number of nitrogens with one attached hydrogen (secondary N) is 1. The predicted molar refractivity (Wildman–Crippen MR) is 63.6 cm³/mol. The maximum absolute atomic E-state index is 5.59. The molecule has 0 spiro atoms. The SMILES string of the molecule is CCCc1noc(COCC2CCCCN2)n1. The topological polar surface area (TPSA) is 60.2 Å². The van der Waals surface area contributed by atoms with E-state index in [1.165, 1.54) is 19.3 Å². The van der Waals surface area contributed by atoms with Crippen LogP contribution in [0.25, 0.3) is 0 Å². The highest BCUT2D eigenvalue weighted by Gasteiger charge is 2.13. The fraction of sp³-hybridized carbons (Fsp3) is 0.833. The first-order valence-corrected chi connectivity index (χ1v) is 6.51. The number of rotatable bonds is 6.